The molecule has 2 saturated heterocycles. The first-order valence-electron chi connectivity index (χ1n) is 10.2. The summed E-state index contributed by atoms with van der Waals surface area (Å²) in [4.78, 5) is 17.6. The van der Waals surface area contributed by atoms with Crippen LogP contribution in [0.15, 0.2) is 35.2 Å². The van der Waals surface area contributed by atoms with Crippen LogP contribution < -0.4 is 4.90 Å². The molecule has 0 unspecified atom stereocenters. The van der Waals surface area contributed by atoms with Crippen LogP contribution in [0, 0.1) is 0 Å². The van der Waals surface area contributed by atoms with E-state index in [9.17, 15) is 13.2 Å². The molecule has 154 valence electrons. The second kappa shape index (κ2) is 8.66. The van der Waals surface area contributed by atoms with Crippen molar-refractivity contribution < 1.29 is 13.2 Å². The van der Waals surface area contributed by atoms with E-state index < -0.39 is 10.0 Å². The maximum Gasteiger partial charge on any atom is 0.256 e. The van der Waals surface area contributed by atoms with E-state index >= 15 is 0 Å². The Hall–Kier alpha value is -1.86. The topological polar surface area (TPSA) is 60.9 Å². The molecule has 28 heavy (non-hydrogen) atoms. The second-order valence-electron chi connectivity index (χ2n) is 7.50. The zero-order valence-electron chi connectivity index (χ0n) is 17.0. The molecule has 0 spiro atoms. The maximum atomic E-state index is 13.3. The van der Waals surface area contributed by atoms with Gasteiger partial charge < -0.3 is 9.80 Å². The second-order valence-corrected chi connectivity index (χ2v) is 9.44. The first kappa shape index (κ1) is 20.9. The van der Waals surface area contributed by atoms with Crippen molar-refractivity contribution in [1.82, 2.24) is 9.21 Å². The third kappa shape index (κ3) is 4.10. The Morgan fingerprint density at radius 1 is 1.07 bits per heavy atom. The van der Waals surface area contributed by atoms with Crippen molar-refractivity contribution in [3.8, 4) is 0 Å². The molecule has 3 rings (SSSR count). The molecular formula is C21H31N3O3S. The predicted octanol–water partition coefficient (Wildman–Crippen LogP) is 3.11. The van der Waals surface area contributed by atoms with Gasteiger partial charge in [0.1, 0.15) is 0 Å². The average molecular weight is 406 g/mol. The number of nitrogens with zero attached hydrogens (tertiary/aromatic N) is 3. The van der Waals surface area contributed by atoms with Gasteiger partial charge in [-0.05, 0) is 43.9 Å². The molecule has 0 aromatic heterocycles. The van der Waals surface area contributed by atoms with Crippen molar-refractivity contribution >= 4 is 21.6 Å². The summed E-state index contributed by atoms with van der Waals surface area (Å²) in [6, 6.07) is 5.06. The van der Waals surface area contributed by atoms with E-state index in [2.05, 4.69) is 11.5 Å². The molecule has 2 fully saturated rings. The Balaban J connectivity index is 2.01. The Labute approximate surface area is 168 Å². The summed E-state index contributed by atoms with van der Waals surface area (Å²) in [6.07, 6.45) is 3.80. The van der Waals surface area contributed by atoms with Crippen molar-refractivity contribution in [3.63, 3.8) is 0 Å². The normalized spacial score (nSPS) is 18.2. The number of carbonyl (C=O) groups excluding carboxylic acids is 1. The van der Waals surface area contributed by atoms with Gasteiger partial charge in [-0.25, -0.2) is 8.42 Å². The minimum absolute atomic E-state index is 0.0778. The lowest BCUT2D eigenvalue weighted by Crippen LogP contribution is -2.37. The predicted molar refractivity (Wildman–Crippen MR) is 112 cm³/mol. The molecule has 0 saturated carbocycles. The maximum absolute atomic E-state index is 13.3. The van der Waals surface area contributed by atoms with Crippen molar-refractivity contribution in [2.24, 2.45) is 0 Å². The summed E-state index contributed by atoms with van der Waals surface area (Å²) >= 11 is 0. The zero-order valence-corrected chi connectivity index (χ0v) is 17.8. The molecule has 0 radical (unpaired) electrons. The summed E-state index contributed by atoms with van der Waals surface area (Å²) < 4.78 is 27.4. The van der Waals surface area contributed by atoms with Crippen LogP contribution in [0.2, 0.25) is 0 Å². The van der Waals surface area contributed by atoms with Crippen molar-refractivity contribution in [1.29, 1.82) is 0 Å². The van der Waals surface area contributed by atoms with Gasteiger partial charge in [0.15, 0.2) is 0 Å². The number of hydrogen-bond donors (Lipinski definition) is 0. The summed E-state index contributed by atoms with van der Waals surface area (Å²) in [6.45, 7) is 11.6. The van der Waals surface area contributed by atoms with Crippen LogP contribution in [0.1, 0.15) is 49.9 Å². The Morgan fingerprint density at radius 2 is 1.68 bits per heavy atom. The van der Waals surface area contributed by atoms with Gasteiger partial charge in [0.2, 0.25) is 10.0 Å². The lowest BCUT2D eigenvalue weighted by atomic mass is 10.0. The lowest BCUT2D eigenvalue weighted by molar-refractivity contribution is 0.0744. The molecule has 0 bridgehead atoms. The molecule has 1 aromatic rings. The van der Waals surface area contributed by atoms with Crippen molar-refractivity contribution in [2.45, 2.75) is 44.4 Å². The standard InChI is InChI=1S/C21H31N3O3S/c1-4-24(5-2)28(26,27)18-8-9-20(22-12-6-7-13-22)19(16-18)21(25)23-14-10-17(3)11-15-23/h8-9,16H,3-7,10-15H2,1-2H3. The van der Waals surface area contributed by atoms with Gasteiger partial charge in [-0.15, -0.1) is 0 Å². The summed E-state index contributed by atoms with van der Waals surface area (Å²) in [5.74, 6) is -0.0778. The van der Waals surface area contributed by atoms with E-state index in [4.69, 9.17) is 0 Å². The fourth-order valence-electron chi connectivity index (χ4n) is 3.99. The molecular weight excluding hydrogens is 374 g/mol. The number of rotatable bonds is 6. The van der Waals surface area contributed by atoms with Crippen molar-refractivity contribution in [3.05, 3.63) is 35.9 Å². The number of benzene rings is 1. The van der Waals surface area contributed by atoms with E-state index in [1.165, 1.54) is 9.88 Å². The number of anilines is 1. The van der Waals surface area contributed by atoms with Gasteiger partial charge in [0.25, 0.3) is 5.91 Å². The molecule has 0 N–H and O–H groups in total. The van der Waals surface area contributed by atoms with E-state index in [1.807, 2.05) is 24.8 Å². The highest BCUT2D eigenvalue weighted by Gasteiger charge is 2.29. The van der Waals surface area contributed by atoms with Crippen LogP contribution in [0.5, 0.6) is 0 Å². The lowest BCUT2D eigenvalue weighted by Gasteiger charge is -2.30. The number of sulfonamides is 1. The average Bonchev–Trinajstić information content (AvgIpc) is 3.23. The number of likely N-dealkylation sites (tertiary alicyclic amines) is 1. The number of piperidine rings is 1. The minimum atomic E-state index is -3.61. The highest BCUT2D eigenvalue weighted by Crippen LogP contribution is 2.30. The fourth-order valence-corrected chi connectivity index (χ4v) is 5.47. The number of amides is 1. The van der Waals surface area contributed by atoms with Crippen LogP contribution in [0.4, 0.5) is 5.69 Å². The first-order chi connectivity index (χ1) is 13.4. The molecule has 0 atom stereocenters. The van der Waals surface area contributed by atoms with Crippen LogP contribution in [-0.2, 0) is 10.0 Å². The number of carbonyl (C=O) groups is 1. The first-order valence-corrected chi connectivity index (χ1v) is 11.7. The van der Waals surface area contributed by atoms with Crippen LogP contribution in [0.3, 0.4) is 0 Å². The summed E-state index contributed by atoms with van der Waals surface area (Å²) in [5.41, 5.74) is 2.52. The van der Waals surface area contributed by atoms with Gasteiger partial charge in [-0.3, -0.25) is 4.79 Å². The molecule has 7 heteroatoms. The smallest absolute Gasteiger partial charge is 0.256 e. The van der Waals surface area contributed by atoms with Gasteiger partial charge in [0, 0.05) is 45.0 Å². The molecule has 0 aliphatic carbocycles. The third-order valence-electron chi connectivity index (χ3n) is 5.75. The van der Waals surface area contributed by atoms with Gasteiger partial charge in [-0.1, -0.05) is 26.0 Å². The van der Waals surface area contributed by atoms with E-state index in [0.717, 1.165) is 44.5 Å². The van der Waals surface area contributed by atoms with Crippen LogP contribution >= 0.6 is 0 Å². The van der Waals surface area contributed by atoms with Crippen LogP contribution in [0.25, 0.3) is 0 Å². The largest absolute Gasteiger partial charge is 0.371 e. The SMILES string of the molecule is C=C1CCN(C(=O)c2cc(S(=O)(=O)N(CC)CC)ccc2N2CCCC2)CC1. The minimum Gasteiger partial charge on any atom is -0.371 e. The summed E-state index contributed by atoms with van der Waals surface area (Å²) in [5, 5.41) is 0. The van der Waals surface area contributed by atoms with Gasteiger partial charge in [0.05, 0.1) is 10.5 Å². The highest BCUT2D eigenvalue weighted by molar-refractivity contribution is 7.89. The summed E-state index contributed by atoms with van der Waals surface area (Å²) in [7, 11) is -3.61. The highest BCUT2D eigenvalue weighted by atomic mass is 32.2. The van der Waals surface area contributed by atoms with E-state index in [-0.39, 0.29) is 10.8 Å². The van der Waals surface area contributed by atoms with Gasteiger partial charge >= 0.3 is 0 Å². The zero-order chi connectivity index (χ0) is 20.3. The quantitative estimate of drug-likeness (QED) is 0.683. The Kier molecular flexibility index (Phi) is 6.45. The van der Waals surface area contributed by atoms with Crippen LogP contribution in [-0.4, -0.2) is 62.8 Å². The monoisotopic (exact) mass is 405 g/mol. The number of hydrogen-bond acceptors (Lipinski definition) is 4. The molecule has 2 aliphatic heterocycles. The Bertz CT molecular complexity index is 830. The molecule has 2 heterocycles. The van der Waals surface area contributed by atoms with Gasteiger partial charge in [-0.2, -0.15) is 4.31 Å². The Morgan fingerprint density at radius 3 is 2.25 bits per heavy atom. The molecule has 2 aliphatic rings. The molecule has 6 nitrogen and oxygen atoms in total. The van der Waals surface area contributed by atoms with E-state index in [0.29, 0.717) is 31.7 Å². The van der Waals surface area contributed by atoms with Crippen molar-refractivity contribution in [2.75, 3.05) is 44.2 Å². The molecule has 1 aromatic carbocycles. The third-order valence-corrected chi connectivity index (χ3v) is 7.79. The van der Waals surface area contributed by atoms with E-state index in [1.54, 1.807) is 12.1 Å². The molecule has 1 amide bonds. The fraction of sp³-hybridized carbons (Fsp3) is 0.571.